The second-order valence-electron chi connectivity index (χ2n) is 8.95. The molecule has 37 heavy (non-hydrogen) atoms. The minimum absolute atomic E-state index is 0.0811. The number of furan rings is 1. The van der Waals surface area contributed by atoms with Crippen LogP contribution in [0.2, 0.25) is 0 Å². The first kappa shape index (κ1) is 24.0. The van der Waals surface area contributed by atoms with Crippen molar-refractivity contribution >= 4 is 28.5 Å². The molecule has 0 fully saturated rings. The van der Waals surface area contributed by atoms with Crippen molar-refractivity contribution < 1.29 is 14.0 Å². The van der Waals surface area contributed by atoms with E-state index in [1.54, 1.807) is 28.0 Å². The van der Waals surface area contributed by atoms with Crippen molar-refractivity contribution in [2.24, 2.45) is 0 Å². The molecule has 0 bridgehead atoms. The highest BCUT2D eigenvalue weighted by Crippen LogP contribution is 2.30. The predicted octanol–water partition coefficient (Wildman–Crippen LogP) is 4.73. The third kappa shape index (κ3) is 5.28. The van der Waals surface area contributed by atoms with E-state index in [2.05, 4.69) is 15.6 Å². The minimum Gasteiger partial charge on any atom is -0.467 e. The molecule has 0 aliphatic carbocycles. The minimum atomic E-state index is -0.917. The monoisotopic (exact) mass is 493 g/mol. The number of nitrogens with zero attached hydrogens (tertiary/aromatic N) is 4. The number of aromatic nitrogens is 3. The number of benzene rings is 3. The molecule has 5 rings (SSSR count). The Morgan fingerprint density at radius 3 is 2.51 bits per heavy atom. The zero-order valence-electron chi connectivity index (χ0n) is 20.7. The van der Waals surface area contributed by atoms with Crippen molar-refractivity contribution in [3.8, 4) is 0 Å². The Kier molecular flexibility index (Phi) is 6.81. The van der Waals surface area contributed by atoms with Crippen molar-refractivity contribution in [3.63, 3.8) is 0 Å². The maximum Gasteiger partial charge on any atom is 0.249 e. The van der Waals surface area contributed by atoms with Gasteiger partial charge in [-0.15, -0.1) is 5.10 Å². The number of hydrogen-bond donors (Lipinski definition) is 1. The third-order valence-corrected chi connectivity index (χ3v) is 6.17. The lowest BCUT2D eigenvalue weighted by molar-refractivity contribution is -0.127. The van der Waals surface area contributed by atoms with Crippen LogP contribution in [0.3, 0.4) is 0 Å². The van der Waals surface area contributed by atoms with E-state index in [4.69, 9.17) is 4.42 Å². The average Bonchev–Trinajstić information content (AvgIpc) is 3.57. The van der Waals surface area contributed by atoms with Crippen molar-refractivity contribution in [1.29, 1.82) is 0 Å². The fourth-order valence-electron chi connectivity index (χ4n) is 4.30. The predicted molar refractivity (Wildman–Crippen MR) is 141 cm³/mol. The molecular formula is C29H27N5O3. The Morgan fingerprint density at radius 1 is 0.946 bits per heavy atom. The number of carbonyl (C=O) groups is 2. The van der Waals surface area contributed by atoms with Crippen LogP contribution in [0.25, 0.3) is 11.0 Å². The molecule has 0 spiro atoms. The Balaban J connectivity index is 1.56. The highest BCUT2D eigenvalue weighted by Gasteiger charge is 2.33. The van der Waals surface area contributed by atoms with Crippen molar-refractivity contribution in [3.05, 3.63) is 114 Å². The lowest BCUT2D eigenvalue weighted by atomic mass is 10.0. The number of fused-ring (bicyclic) bond motifs is 1. The van der Waals surface area contributed by atoms with Gasteiger partial charge in [-0.25, -0.2) is 4.68 Å². The van der Waals surface area contributed by atoms with Crippen LogP contribution in [0.1, 0.15) is 28.5 Å². The zero-order chi connectivity index (χ0) is 25.8. The standard InChI is InChI=1S/C29H27N5O3/c1-20-12-14-22(15-13-20)28(29(36)30-18-24-9-6-16-37-24)34(23-8-5-7-21(2)17-23)27(35)19-33-26-11-4-3-10-25(26)31-32-33/h3-17,28H,18-19H2,1-2H3,(H,30,36). The normalized spacial score (nSPS) is 11.8. The molecule has 186 valence electrons. The number of nitrogens with one attached hydrogen (secondary N) is 1. The molecule has 0 saturated heterocycles. The Bertz CT molecular complexity index is 1520. The molecule has 0 radical (unpaired) electrons. The maximum atomic E-state index is 14.0. The van der Waals surface area contributed by atoms with Crippen LogP contribution in [0, 0.1) is 13.8 Å². The molecule has 2 aromatic heterocycles. The van der Waals surface area contributed by atoms with Crippen LogP contribution >= 0.6 is 0 Å². The zero-order valence-corrected chi connectivity index (χ0v) is 20.7. The van der Waals surface area contributed by atoms with E-state index in [1.807, 2.05) is 86.6 Å². The van der Waals surface area contributed by atoms with Crippen LogP contribution in [0.5, 0.6) is 0 Å². The van der Waals surface area contributed by atoms with Gasteiger partial charge in [-0.2, -0.15) is 0 Å². The number of amides is 2. The van der Waals surface area contributed by atoms with Gasteiger partial charge in [0.2, 0.25) is 11.8 Å². The summed E-state index contributed by atoms with van der Waals surface area (Å²) in [5.41, 5.74) is 4.79. The molecule has 8 nitrogen and oxygen atoms in total. The van der Waals surface area contributed by atoms with Gasteiger partial charge in [0, 0.05) is 5.69 Å². The molecule has 3 aromatic carbocycles. The molecule has 0 saturated carbocycles. The molecule has 1 atom stereocenters. The molecule has 5 aromatic rings. The van der Waals surface area contributed by atoms with E-state index in [0.717, 1.165) is 16.6 Å². The number of hydrogen-bond acceptors (Lipinski definition) is 5. The van der Waals surface area contributed by atoms with Crippen LogP contribution < -0.4 is 10.2 Å². The summed E-state index contributed by atoms with van der Waals surface area (Å²) in [6.45, 7) is 4.06. The van der Waals surface area contributed by atoms with Gasteiger partial charge in [0.25, 0.3) is 0 Å². The summed E-state index contributed by atoms with van der Waals surface area (Å²) in [4.78, 5) is 29.3. The van der Waals surface area contributed by atoms with Gasteiger partial charge < -0.3 is 9.73 Å². The quantitative estimate of drug-likeness (QED) is 0.337. The van der Waals surface area contributed by atoms with Gasteiger partial charge in [-0.1, -0.05) is 59.3 Å². The summed E-state index contributed by atoms with van der Waals surface area (Å²) in [5, 5.41) is 11.3. The van der Waals surface area contributed by atoms with Gasteiger partial charge in [0.15, 0.2) is 0 Å². The molecule has 1 unspecified atom stereocenters. The molecular weight excluding hydrogens is 466 g/mol. The number of anilines is 1. The lowest BCUT2D eigenvalue weighted by Gasteiger charge is -2.32. The molecule has 0 aliphatic rings. The van der Waals surface area contributed by atoms with Crippen molar-refractivity contribution in [2.45, 2.75) is 33.0 Å². The number of para-hydroxylation sites is 1. The topological polar surface area (TPSA) is 93.3 Å². The Morgan fingerprint density at radius 2 is 1.76 bits per heavy atom. The third-order valence-electron chi connectivity index (χ3n) is 6.17. The van der Waals surface area contributed by atoms with Gasteiger partial charge in [-0.05, 0) is 61.4 Å². The van der Waals surface area contributed by atoms with E-state index in [1.165, 1.54) is 0 Å². The summed E-state index contributed by atoms with van der Waals surface area (Å²) in [5.74, 6) is 0.0112. The second-order valence-corrected chi connectivity index (χ2v) is 8.95. The highest BCUT2D eigenvalue weighted by atomic mass is 16.3. The van der Waals surface area contributed by atoms with E-state index in [9.17, 15) is 9.59 Å². The summed E-state index contributed by atoms with van der Waals surface area (Å²) in [6, 6.07) is 25.3. The van der Waals surface area contributed by atoms with Gasteiger partial charge >= 0.3 is 0 Å². The van der Waals surface area contributed by atoms with Gasteiger partial charge in [0.05, 0.1) is 18.3 Å². The summed E-state index contributed by atoms with van der Waals surface area (Å²) < 4.78 is 6.95. The average molecular weight is 494 g/mol. The van der Waals surface area contributed by atoms with Crippen LogP contribution in [0.4, 0.5) is 5.69 Å². The number of carbonyl (C=O) groups excluding carboxylic acids is 2. The van der Waals surface area contributed by atoms with E-state index in [0.29, 0.717) is 22.5 Å². The summed E-state index contributed by atoms with van der Waals surface area (Å²) >= 11 is 0. The van der Waals surface area contributed by atoms with E-state index >= 15 is 0 Å². The fraction of sp³-hybridized carbons (Fsp3) is 0.172. The van der Waals surface area contributed by atoms with Crippen LogP contribution in [-0.4, -0.2) is 26.8 Å². The molecule has 8 heteroatoms. The molecule has 0 aliphatic heterocycles. The first-order valence-electron chi connectivity index (χ1n) is 12.0. The van der Waals surface area contributed by atoms with Crippen LogP contribution in [0.15, 0.2) is 95.6 Å². The molecule has 2 heterocycles. The van der Waals surface area contributed by atoms with E-state index in [-0.39, 0.29) is 24.9 Å². The van der Waals surface area contributed by atoms with Crippen LogP contribution in [-0.2, 0) is 22.7 Å². The SMILES string of the molecule is Cc1ccc(C(C(=O)NCc2ccco2)N(C(=O)Cn2nnc3ccccc32)c2cccc(C)c2)cc1. The summed E-state index contributed by atoms with van der Waals surface area (Å²) in [6.07, 6.45) is 1.56. The van der Waals surface area contributed by atoms with Crippen molar-refractivity contribution in [1.82, 2.24) is 20.3 Å². The molecule has 1 N–H and O–H groups in total. The lowest BCUT2D eigenvalue weighted by Crippen LogP contribution is -2.45. The first-order valence-corrected chi connectivity index (χ1v) is 12.0. The number of rotatable bonds is 8. The smallest absolute Gasteiger partial charge is 0.249 e. The van der Waals surface area contributed by atoms with E-state index < -0.39 is 6.04 Å². The van der Waals surface area contributed by atoms with Gasteiger partial charge in [0.1, 0.15) is 23.9 Å². The largest absolute Gasteiger partial charge is 0.467 e. The second kappa shape index (κ2) is 10.5. The Hall–Kier alpha value is -4.72. The van der Waals surface area contributed by atoms with Gasteiger partial charge in [-0.3, -0.25) is 14.5 Å². The number of aryl methyl sites for hydroxylation is 2. The summed E-state index contributed by atoms with van der Waals surface area (Å²) in [7, 11) is 0. The van der Waals surface area contributed by atoms with Crippen molar-refractivity contribution in [2.75, 3.05) is 4.90 Å². The highest BCUT2D eigenvalue weighted by molar-refractivity contribution is 6.01. The fourth-order valence-corrected chi connectivity index (χ4v) is 4.30. The maximum absolute atomic E-state index is 14.0. The Labute approximate surface area is 214 Å². The molecule has 2 amide bonds. The first-order chi connectivity index (χ1) is 18.0.